The second-order valence-electron chi connectivity index (χ2n) is 4.66. The molecule has 1 aromatic heterocycles. The summed E-state index contributed by atoms with van der Waals surface area (Å²) in [5.41, 5.74) is 2.27. The summed E-state index contributed by atoms with van der Waals surface area (Å²) in [6.07, 6.45) is 1.47. The van der Waals surface area contributed by atoms with E-state index in [9.17, 15) is 9.90 Å². The van der Waals surface area contributed by atoms with E-state index < -0.39 is 6.10 Å². The summed E-state index contributed by atoms with van der Waals surface area (Å²) < 4.78 is 0. The van der Waals surface area contributed by atoms with E-state index in [-0.39, 0.29) is 5.91 Å². The van der Waals surface area contributed by atoms with Crippen molar-refractivity contribution in [3.8, 4) is 0 Å². The van der Waals surface area contributed by atoms with Gasteiger partial charge in [-0.2, -0.15) is 0 Å². The summed E-state index contributed by atoms with van der Waals surface area (Å²) in [5, 5.41) is 12.8. The van der Waals surface area contributed by atoms with Crippen LogP contribution in [0, 0.1) is 6.92 Å². The van der Waals surface area contributed by atoms with Gasteiger partial charge >= 0.3 is 0 Å². The fourth-order valence-corrected chi connectivity index (χ4v) is 1.87. The van der Waals surface area contributed by atoms with Crippen LogP contribution in [0.15, 0.2) is 48.7 Å². The highest BCUT2D eigenvalue weighted by molar-refractivity contribution is 5.93. The number of rotatable bonds is 5. The molecule has 1 unspecified atom stereocenters. The van der Waals surface area contributed by atoms with Crippen molar-refractivity contribution in [3.63, 3.8) is 0 Å². The van der Waals surface area contributed by atoms with Crippen LogP contribution in [0.1, 0.15) is 34.1 Å². The third-order valence-corrected chi connectivity index (χ3v) is 3.06. The zero-order valence-electron chi connectivity index (χ0n) is 11.4. The van der Waals surface area contributed by atoms with Gasteiger partial charge in [0.1, 0.15) is 0 Å². The van der Waals surface area contributed by atoms with Crippen molar-refractivity contribution < 1.29 is 9.90 Å². The maximum atomic E-state index is 11.8. The topological polar surface area (TPSA) is 62.2 Å². The Morgan fingerprint density at radius 2 is 2.00 bits per heavy atom. The smallest absolute Gasteiger partial charge is 0.252 e. The Balaban J connectivity index is 1.81. The van der Waals surface area contributed by atoms with Gasteiger partial charge in [0.25, 0.3) is 5.91 Å². The first-order chi connectivity index (χ1) is 9.66. The Morgan fingerprint density at radius 1 is 1.25 bits per heavy atom. The standard InChI is InChI=1S/C16H18N2O2/c1-12-7-8-14(11-18-12)16(20)17-10-9-15(19)13-5-3-2-4-6-13/h2-8,11,15,19H,9-10H2,1H3,(H,17,20). The molecule has 2 N–H and O–H groups in total. The molecule has 0 spiro atoms. The average Bonchev–Trinajstić information content (AvgIpc) is 2.48. The van der Waals surface area contributed by atoms with Gasteiger partial charge in [-0.15, -0.1) is 0 Å². The monoisotopic (exact) mass is 270 g/mol. The van der Waals surface area contributed by atoms with Gasteiger partial charge in [0.2, 0.25) is 0 Å². The summed E-state index contributed by atoms with van der Waals surface area (Å²) in [6.45, 7) is 2.29. The molecule has 1 amide bonds. The van der Waals surface area contributed by atoms with Crippen LogP contribution in [0.5, 0.6) is 0 Å². The molecule has 0 aliphatic rings. The number of aryl methyl sites for hydroxylation is 1. The Morgan fingerprint density at radius 3 is 2.65 bits per heavy atom. The SMILES string of the molecule is Cc1ccc(C(=O)NCCC(O)c2ccccc2)cn1. The molecule has 20 heavy (non-hydrogen) atoms. The molecule has 2 rings (SSSR count). The van der Waals surface area contributed by atoms with Crippen LogP contribution in [0.2, 0.25) is 0 Å². The fraction of sp³-hybridized carbons (Fsp3) is 0.250. The highest BCUT2D eigenvalue weighted by Gasteiger charge is 2.09. The van der Waals surface area contributed by atoms with Crippen molar-refractivity contribution >= 4 is 5.91 Å². The number of carbonyl (C=O) groups excluding carboxylic acids is 1. The molecule has 104 valence electrons. The molecule has 0 saturated carbocycles. The quantitative estimate of drug-likeness (QED) is 0.876. The van der Waals surface area contributed by atoms with Gasteiger partial charge in [0, 0.05) is 18.4 Å². The van der Waals surface area contributed by atoms with E-state index in [1.165, 1.54) is 0 Å². The van der Waals surface area contributed by atoms with Crippen LogP contribution in [0.25, 0.3) is 0 Å². The van der Waals surface area contributed by atoms with Gasteiger partial charge in [-0.3, -0.25) is 9.78 Å². The van der Waals surface area contributed by atoms with Gasteiger partial charge in [-0.1, -0.05) is 30.3 Å². The number of nitrogens with one attached hydrogen (secondary N) is 1. The minimum atomic E-state index is -0.562. The van der Waals surface area contributed by atoms with Crippen molar-refractivity contribution in [1.29, 1.82) is 0 Å². The zero-order valence-corrected chi connectivity index (χ0v) is 11.4. The highest BCUT2D eigenvalue weighted by Crippen LogP contribution is 2.14. The van der Waals surface area contributed by atoms with Gasteiger partial charge in [0.05, 0.1) is 11.7 Å². The van der Waals surface area contributed by atoms with E-state index in [2.05, 4.69) is 10.3 Å². The molecule has 0 aliphatic heterocycles. The van der Waals surface area contributed by atoms with Gasteiger partial charge in [-0.05, 0) is 31.0 Å². The summed E-state index contributed by atoms with van der Waals surface area (Å²) >= 11 is 0. The lowest BCUT2D eigenvalue weighted by atomic mass is 10.1. The number of hydrogen-bond acceptors (Lipinski definition) is 3. The maximum Gasteiger partial charge on any atom is 0.252 e. The van der Waals surface area contributed by atoms with Crippen LogP contribution < -0.4 is 5.32 Å². The minimum absolute atomic E-state index is 0.169. The largest absolute Gasteiger partial charge is 0.388 e. The average molecular weight is 270 g/mol. The Hall–Kier alpha value is -2.20. The first-order valence-electron chi connectivity index (χ1n) is 6.60. The molecule has 0 aliphatic carbocycles. The van der Waals surface area contributed by atoms with Crippen LogP contribution in [-0.2, 0) is 0 Å². The van der Waals surface area contributed by atoms with E-state index >= 15 is 0 Å². The lowest BCUT2D eigenvalue weighted by Gasteiger charge is -2.11. The molecule has 4 nitrogen and oxygen atoms in total. The molecule has 0 bridgehead atoms. The number of aromatic nitrogens is 1. The third-order valence-electron chi connectivity index (χ3n) is 3.06. The second-order valence-corrected chi connectivity index (χ2v) is 4.66. The Labute approximate surface area is 118 Å². The van der Waals surface area contributed by atoms with Crippen molar-refractivity contribution in [3.05, 3.63) is 65.5 Å². The summed E-state index contributed by atoms with van der Waals surface area (Å²) in [6, 6.07) is 13.0. The molecule has 0 fully saturated rings. The van der Waals surface area contributed by atoms with Gasteiger partial charge < -0.3 is 10.4 Å². The number of pyridine rings is 1. The van der Waals surface area contributed by atoms with Crippen molar-refractivity contribution in [2.24, 2.45) is 0 Å². The van der Waals surface area contributed by atoms with Crippen LogP contribution >= 0.6 is 0 Å². The number of carbonyl (C=O) groups is 1. The molecule has 2 aromatic rings. The minimum Gasteiger partial charge on any atom is -0.388 e. The molecule has 1 atom stereocenters. The van der Waals surface area contributed by atoms with Crippen LogP contribution in [0.3, 0.4) is 0 Å². The van der Waals surface area contributed by atoms with Crippen molar-refractivity contribution in [2.75, 3.05) is 6.54 Å². The molecule has 0 radical (unpaired) electrons. The lowest BCUT2D eigenvalue weighted by Crippen LogP contribution is -2.25. The number of nitrogens with zero attached hydrogens (tertiary/aromatic N) is 1. The number of amides is 1. The molecular formula is C16H18N2O2. The normalized spacial score (nSPS) is 11.9. The number of benzene rings is 1. The summed E-state index contributed by atoms with van der Waals surface area (Å²) in [7, 11) is 0. The predicted molar refractivity (Wildman–Crippen MR) is 77.3 cm³/mol. The van der Waals surface area contributed by atoms with Gasteiger partial charge in [0.15, 0.2) is 0 Å². The molecular weight excluding hydrogens is 252 g/mol. The van der Waals surface area contributed by atoms with Crippen molar-refractivity contribution in [2.45, 2.75) is 19.4 Å². The van der Waals surface area contributed by atoms with Crippen LogP contribution in [-0.4, -0.2) is 22.5 Å². The number of hydrogen-bond donors (Lipinski definition) is 2. The number of aliphatic hydroxyl groups excluding tert-OH is 1. The fourth-order valence-electron chi connectivity index (χ4n) is 1.87. The molecule has 1 aromatic carbocycles. The lowest BCUT2D eigenvalue weighted by molar-refractivity contribution is 0.0942. The zero-order chi connectivity index (χ0) is 14.4. The van der Waals surface area contributed by atoms with E-state index in [0.717, 1.165) is 11.3 Å². The van der Waals surface area contributed by atoms with Gasteiger partial charge in [-0.25, -0.2) is 0 Å². The van der Waals surface area contributed by atoms with E-state index in [1.54, 1.807) is 18.3 Å². The van der Waals surface area contributed by atoms with Crippen LogP contribution in [0.4, 0.5) is 0 Å². The van der Waals surface area contributed by atoms with E-state index in [0.29, 0.717) is 18.5 Å². The first kappa shape index (κ1) is 14.2. The molecule has 4 heteroatoms. The molecule has 1 heterocycles. The Bertz CT molecular complexity index is 552. The maximum absolute atomic E-state index is 11.8. The number of aliphatic hydroxyl groups is 1. The van der Waals surface area contributed by atoms with E-state index in [1.807, 2.05) is 37.3 Å². The summed E-state index contributed by atoms with van der Waals surface area (Å²) in [4.78, 5) is 15.9. The third kappa shape index (κ3) is 3.90. The molecule has 0 saturated heterocycles. The predicted octanol–water partition coefficient (Wildman–Crippen LogP) is 2.24. The summed E-state index contributed by atoms with van der Waals surface area (Å²) in [5.74, 6) is -0.169. The Kier molecular flexibility index (Phi) is 4.85. The highest BCUT2D eigenvalue weighted by atomic mass is 16.3. The second kappa shape index (κ2) is 6.82. The van der Waals surface area contributed by atoms with Crippen molar-refractivity contribution in [1.82, 2.24) is 10.3 Å². The van der Waals surface area contributed by atoms with E-state index in [4.69, 9.17) is 0 Å². The first-order valence-corrected chi connectivity index (χ1v) is 6.60.